The highest BCUT2D eigenvalue weighted by Crippen LogP contribution is 2.21. The van der Waals surface area contributed by atoms with Crippen molar-refractivity contribution in [3.8, 4) is 0 Å². The SMILES string of the molecule is CN1CCN(c2ccc(NC(=O)c3n[nH]c4ccccc34)cc2)CC1. The number of H-pyrrole nitrogens is 1. The number of piperazine rings is 1. The molecule has 1 fully saturated rings. The van der Waals surface area contributed by atoms with Crippen LogP contribution in [0.5, 0.6) is 0 Å². The first kappa shape index (κ1) is 15.7. The van der Waals surface area contributed by atoms with E-state index in [0.717, 1.165) is 42.8 Å². The van der Waals surface area contributed by atoms with Crippen LogP contribution >= 0.6 is 0 Å². The van der Waals surface area contributed by atoms with Gasteiger partial charge in [-0.3, -0.25) is 9.89 Å². The van der Waals surface area contributed by atoms with Gasteiger partial charge in [-0.25, -0.2) is 0 Å². The molecule has 0 aliphatic carbocycles. The Bertz CT molecular complexity index is 878. The molecule has 2 heterocycles. The van der Waals surface area contributed by atoms with Crippen molar-refractivity contribution in [2.45, 2.75) is 0 Å². The summed E-state index contributed by atoms with van der Waals surface area (Å²) in [5.74, 6) is -0.204. The molecule has 2 aromatic carbocycles. The van der Waals surface area contributed by atoms with Crippen LogP contribution in [0.3, 0.4) is 0 Å². The fourth-order valence-corrected chi connectivity index (χ4v) is 3.15. The molecule has 4 rings (SSSR count). The maximum atomic E-state index is 12.5. The Hall–Kier alpha value is -2.86. The smallest absolute Gasteiger partial charge is 0.276 e. The molecule has 1 aromatic heterocycles. The van der Waals surface area contributed by atoms with Crippen molar-refractivity contribution in [2.24, 2.45) is 0 Å². The van der Waals surface area contributed by atoms with Gasteiger partial charge in [0.15, 0.2) is 5.69 Å². The first-order valence-electron chi connectivity index (χ1n) is 8.49. The number of hydrogen-bond acceptors (Lipinski definition) is 4. The average Bonchev–Trinajstić information content (AvgIpc) is 3.07. The standard InChI is InChI=1S/C19H21N5O/c1-23-10-12-24(13-11-23)15-8-6-14(7-9-15)20-19(25)18-16-4-2-3-5-17(16)21-22-18/h2-9H,10-13H2,1H3,(H,20,25)(H,21,22). The van der Waals surface area contributed by atoms with Crippen molar-refractivity contribution in [2.75, 3.05) is 43.4 Å². The third kappa shape index (κ3) is 3.21. The lowest BCUT2D eigenvalue weighted by Crippen LogP contribution is -2.44. The number of para-hydroxylation sites is 1. The fourth-order valence-electron chi connectivity index (χ4n) is 3.15. The number of aromatic amines is 1. The average molecular weight is 335 g/mol. The number of fused-ring (bicyclic) bond motifs is 1. The first-order chi connectivity index (χ1) is 12.2. The van der Waals surface area contributed by atoms with Crippen molar-refractivity contribution in [1.29, 1.82) is 0 Å². The van der Waals surface area contributed by atoms with Gasteiger partial charge >= 0.3 is 0 Å². The monoisotopic (exact) mass is 335 g/mol. The molecule has 1 aliphatic heterocycles. The molecule has 1 amide bonds. The zero-order chi connectivity index (χ0) is 17.2. The Morgan fingerprint density at radius 2 is 1.76 bits per heavy atom. The predicted molar refractivity (Wildman–Crippen MR) is 100 cm³/mol. The largest absolute Gasteiger partial charge is 0.369 e. The first-order valence-corrected chi connectivity index (χ1v) is 8.49. The Kier molecular flexibility index (Phi) is 4.11. The van der Waals surface area contributed by atoms with E-state index in [0.29, 0.717) is 5.69 Å². The summed E-state index contributed by atoms with van der Waals surface area (Å²) >= 11 is 0. The van der Waals surface area contributed by atoms with Crippen LogP contribution in [0, 0.1) is 0 Å². The van der Waals surface area contributed by atoms with Crippen molar-refractivity contribution < 1.29 is 4.79 Å². The van der Waals surface area contributed by atoms with Gasteiger partial charge in [-0.2, -0.15) is 5.10 Å². The van der Waals surface area contributed by atoms with Crippen molar-refractivity contribution in [3.05, 3.63) is 54.2 Å². The van der Waals surface area contributed by atoms with Crippen LogP contribution in [0.2, 0.25) is 0 Å². The Morgan fingerprint density at radius 3 is 2.52 bits per heavy atom. The summed E-state index contributed by atoms with van der Waals surface area (Å²) < 4.78 is 0. The van der Waals surface area contributed by atoms with Gasteiger partial charge in [0.1, 0.15) is 0 Å². The second kappa shape index (κ2) is 6.57. The van der Waals surface area contributed by atoms with E-state index in [-0.39, 0.29) is 5.91 Å². The van der Waals surface area contributed by atoms with Crippen LogP contribution in [-0.2, 0) is 0 Å². The van der Waals surface area contributed by atoms with E-state index in [2.05, 4.69) is 44.5 Å². The van der Waals surface area contributed by atoms with E-state index in [1.54, 1.807) is 0 Å². The van der Waals surface area contributed by atoms with Crippen LogP contribution in [0.4, 0.5) is 11.4 Å². The van der Waals surface area contributed by atoms with Crippen LogP contribution in [0.1, 0.15) is 10.5 Å². The van der Waals surface area contributed by atoms with Gasteiger partial charge in [-0.1, -0.05) is 18.2 Å². The van der Waals surface area contributed by atoms with Crippen molar-refractivity contribution in [1.82, 2.24) is 15.1 Å². The fraction of sp³-hybridized carbons (Fsp3) is 0.263. The van der Waals surface area contributed by atoms with Crippen LogP contribution in [0.25, 0.3) is 10.9 Å². The van der Waals surface area contributed by atoms with E-state index in [1.807, 2.05) is 36.4 Å². The normalized spacial score (nSPS) is 15.5. The zero-order valence-corrected chi connectivity index (χ0v) is 14.2. The van der Waals surface area contributed by atoms with E-state index < -0.39 is 0 Å². The minimum absolute atomic E-state index is 0.204. The van der Waals surface area contributed by atoms with Crippen LogP contribution in [-0.4, -0.2) is 54.2 Å². The van der Waals surface area contributed by atoms with Gasteiger partial charge in [-0.15, -0.1) is 0 Å². The number of likely N-dealkylation sites (N-methyl/N-ethyl adjacent to an activating group) is 1. The van der Waals surface area contributed by atoms with Gasteiger partial charge in [0.25, 0.3) is 5.91 Å². The summed E-state index contributed by atoms with van der Waals surface area (Å²) in [6.07, 6.45) is 0. The molecule has 6 nitrogen and oxygen atoms in total. The summed E-state index contributed by atoms with van der Waals surface area (Å²) in [4.78, 5) is 17.2. The van der Waals surface area contributed by atoms with E-state index in [1.165, 1.54) is 5.69 Å². The molecular formula is C19H21N5O. The molecule has 0 saturated carbocycles. The van der Waals surface area contributed by atoms with Gasteiger partial charge in [-0.05, 0) is 37.4 Å². The maximum Gasteiger partial charge on any atom is 0.276 e. The Labute approximate surface area is 146 Å². The molecule has 0 bridgehead atoms. The maximum absolute atomic E-state index is 12.5. The van der Waals surface area contributed by atoms with E-state index >= 15 is 0 Å². The molecule has 25 heavy (non-hydrogen) atoms. The van der Waals surface area contributed by atoms with Crippen molar-refractivity contribution in [3.63, 3.8) is 0 Å². The quantitative estimate of drug-likeness (QED) is 0.772. The minimum Gasteiger partial charge on any atom is -0.369 e. The molecule has 0 unspecified atom stereocenters. The number of nitrogens with one attached hydrogen (secondary N) is 2. The molecule has 0 radical (unpaired) electrons. The number of anilines is 2. The summed E-state index contributed by atoms with van der Waals surface area (Å²) in [5, 5.41) is 10.8. The molecule has 0 atom stereocenters. The number of hydrogen-bond donors (Lipinski definition) is 2. The molecule has 3 aromatic rings. The zero-order valence-electron chi connectivity index (χ0n) is 14.2. The molecule has 2 N–H and O–H groups in total. The second-order valence-corrected chi connectivity index (χ2v) is 6.41. The summed E-state index contributed by atoms with van der Waals surface area (Å²) in [5.41, 5.74) is 3.24. The number of carbonyl (C=O) groups excluding carboxylic acids is 1. The number of carbonyl (C=O) groups is 1. The molecular weight excluding hydrogens is 314 g/mol. The lowest BCUT2D eigenvalue weighted by Gasteiger charge is -2.34. The van der Waals surface area contributed by atoms with Gasteiger partial charge in [0.2, 0.25) is 0 Å². The third-order valence-electron chi connectivity index (χ3n) is 4.68. The molecule has 6 heteroatoms. The highest BCUT2D eigenvalue weighted by Gasteiger charge is 2.16. The highest BCUT2D eigenvalue weighted by molar-refractivity contribution is 6.11. The Balaban J connectivity index is 1.46. The highest BCUT2D eigenvalue weighted by atomic mass is 16.1. The summed E-state index contributed by atoms with van der Waals surface area (Å²) in [6.45, 7) is 4.21. The molecule has 128 valence electrons. The molecule has 0 spiro atoms. The minimum atomic E-state index is -0.204. The second-order valence-electron chi connectivity index (χ2n) is 6.41. The lowest BCUT2D eigenvalue weighted by atomic mass is 10.2. The Morgan fingerprint density at radius 1 is 1.04 bits per heavy atom. The predicted octanol–water partition coefficient (Wildman–Crippen LogP) is 2.57. The van der Waals surface area contributed by atoms with Crippen LogP contribution in [0.15, 0.2) is 48.5 Å². The van der Waals surface area contributed by atoms with Gasteiger partial charge in [0.05, 0.1) is 5.52 Å². The summed E-state index contributed by atoms with van der Waals surface area (Å²) in [6, 6.07) is 15.6. The number of nitrogens with zero attached hydrogens (tertiary/aromatic N) is 3. The third-order valence-corrected chi connectivity index (χ3v) is 4.68. The number of amides is 1. The number of rotatable bonds is 3. The van der Waals surface area contributed by atoms with Crippen molar-refractivity contribution >= 4 is 28.2 Å². The topological polar surface area (TPSA) is 64.3 Å². The molecule has 1 saturated heterocycles. The number of aromatic nitrogens is 2. The number of benzene rings is 2. The van der Waals surface area contributed by atoms with E-state index in [4.69, 9.17) is 0 Å². The van der Waals surface area contributed by atoms with Crippen LogP contribution < -0.4 is 10.2 Å². The lowest BCUT2D eigenvalue weighted by molar-refractivity contribution is 0.102. The van der Waals surface area contributed by atoms with Gasteiger partial charge in [0, 0.05) is 42.9 Å². The van der Waals surface area contributed by atoms with E-state index in [9.17, 15) is 4.79 Å². The van der Waals surface area contributed by atoms with Gasteiger partial charge < -0.3 is 15.1 Å². The molecule has 1 aliphatic rings. The summed E-state index contributed by atoms with van der Waals surface area (Å²) in [7, 11) is 2.15.